The standard InChI is InChI=1S/C10H10N4O2/c1-5-3-2-4-6(7(5)11)8-9(15)12-10(16)14-13-8/h2-4H,11H2,1H3,(H2,12,14,15,16). The summed E-state index contributed by atoms with van der Waals surface area (Å²) in [5, 5.41) is 5.86. The van der Waals surface area contributed by atoms with E-state index in [-0.39, 0.29) is 5.69 Å². The maximum absolute atomic E-state index is 11.5. The van der Waals surface area contributed by atoms with Gasteiger partial charge in [-0.1, -0.05) is 18.2 Å². The van der Waals surface area contributed by atoms with Gasteiger partial charge in [0.05, 0.1) is 0 Å². The third-order valence-corrected chi connectivity index (χ3v) is 2.29. The van der Waals surface area contributed by atoms with Crippen molar-refractivity contribution in [2.24, 2.45) is 0 Å². The summed E-state index contributed by atoms with van der Waals surface area (Å²) in [7, 11) is 0. The van der Waals surface area contributed by atoms with Crippen LogP contribution in [-0.4, -0.2) is 15.2 Å². The number of para-hydroxylation sites is 1. The second-order valence-corrected chi connectivity index (χ2v) is 3.39. The molecule has 0 unspecified atom stereocenters. The number of hydrogen-bond acceptors (Lipinski definition) is 4. The Morgan fingerprint density at radius 1 is 1.31 bits per heavy atom. The number of nitrogen functional groups attached to an aromatic ring is 1. The van der Waals surface area contributed by atoms with E-state index < -0.39 is 11.2 Å². The number of nitrogens with one attached hydrogen (secondary N) is 2. The maximum atomic E-state index is 11.5. The molecule has 1 aromatic carbocycles. The lowest BCUT2D eigenvalue weighted by atomic mass is 10.1. The molecule has 0 atom stereocenters. The van der Waals surface area contributed by atoms with Crippen LogP contribution in [0.2, 0.25) is 0 Å². The van der Waals surface area contributed by atoms with Gasteiger partial charge in [0.15, 0.2) is 5.69 Å². The number of nitrogens with two attached hydrogens (primary N) is 1. The molecule has 0 radical (unpaired) electrons. The minimum Gasteiger partial charge on any atom is -0.398 e. The van der Waals surface area contributed by atoms with Crippen LogP contribution in [-0.2, 0) is 0 Å². The van der Waals surface area contributed by atoms with Crippen molar-refractivity contribution in [2.45, 2.75) is 6.92 Å². The Hall–Kier alpha value is -2.37. The number of nitrogens with zero attached hydrogens (tertiary/aromatic N) is 1. The summed E-state index contributed by atoms with van der Waals surface area (Å²) in [5.74, 6) is 0. The third-order valence-electron chi connectivity index (χ3n) is 2.29. The summed E-state index contributed by atoms with van der Waals surface area (Å²) < 4.78 is 0. The van der Waals surface area contributed by atoms with Crippen LogP contribution >= 0.6 is 0 Å². The van der Waals surface area contributed by atoms with Gasteiger partial charge in [-0.05, 0) is 12.5 Å². The lowest BCUT2D eigenvalue weighted by Gasteiger charge is -2.05. The average Bonchev–Trinajstić information content (AvgIpc) is 2.23. The van der Waals surface area contributed by atoms with Crippen LogP contribution in [0, 0.1) is 6.92 Å². The zero-order chi connectivity index (χ0) is 11.7. The summed E-state index contributed by atoms with van der Waals surface area (Å²) in [6.45, 7) is 1.83. The fraction of sp³-hybridized carbons (Fsp3) is 0.100. The molecule has 0 amide bonds. The fourth-order valence-corrected chi connectivity index (χ4v) is 1.42. The van der Waals surface area contributed by atoms with E-state index in [0.29, 0.717) is 11.3 Å². The molecule has 0 aliphatic heterocycles. The van der Waals surface area contributed by atoms with E-state index in [1.54, 1.807) is 12.1 Å². The second kappa shape index (κ2) is 3.65. The Labute approximate surface area is 90.1 Å². The molecular formula is C10H10N4O2. The summed E-state index contributed by atoms with van der Waals surface area (Å²) in [4.78, 5) is 24.4. The van der Waals surface area contributed by atoms with Gasteiger partial charge in [-0.15, -0.1) is 0 Å². The molecule has 2 aromatic rings. The number of aromatic nitrogens is 3. The molecule has 0 spiro atoms. The van der Waals surface area contributed by atoms with E-state index in [1.165, 1.54) is 0 Å². The quantitative estimate of drug-likeness (QED) is 0.586. The smallest absolute Gasteiger partial charge is 0.342 e. The molecule has 0 fully saturated rings. The van der Waals surface area contributed by atoms with Crippen molar-refractivity contribution in [1.29, 1.82) is 0 Å². The summed E-state index contributed by atoms with van der Waals surface area (Å²) >= 11 is 0. The molecule has 1 heterocycles. The Bertz CT molecular complexity index is 642. The highest BCUT2D eigenvalue weighted by Gasteiger charge is 2.10. The lowest BCUT2D eigenvalue weighted by Crippen LogP contribution is -2.25. The van der Waals surface area contributed by atoms with Crippen LogP contribution in [0.25, 0.3) is 11.3 Å². The van der Waals surface area contributed by atoms with Crippen molar-refractivity contribution < 1.29 is 0 Å². The zero-order valence-electron chi connectivity index (χ0n) is 8.57. The highest BCUT2D eigenvalue weighted by molar-refractivity contribution is 5.75. The van der Waals surface area contributed by atoms with Crippen LogP contribution in [0.4, 0.5) is 5.69 Å². The third kappa shape index (κ3) is 1.60. The first-order chi connectivity index (χ1) is 7.59. The Morgan fingerprint density at radius 3 is 2.75 bits per heavy atom. The summed E-state index contributed by atoms with van der Waals surface area (Å²) in [6.07, 6.45) is 0. The lowest BCUT2D eigenvalue weighted by molar-refractivity contribution is 0.898. The second-order valence-electron chi connectivity index (χ2n) is 3.39. The fourth-order valence-electron chi connectivity index (χ4n) is 1.42. The Morgan fingerprint density at radius 2 is 2.06 bits per heavy atom. The van der Waals surface area contributed by atoms with Crippen LogP contribution in [0.5, 0.6) is 0 Å². The topological polar surface area (TPSA) is 105 Å². The Balaban J connectivity index is 2.73. The van der Waals surface area contributed by atoms with Gasteiger partial charge in [0.2, 0.25) is 0 Å². The molecule has 6 heteroatoms. The number of aryl methyl sites for hydroxylation is 1. The molecule has 2 rings (SSSR count). The van der Waals surface area contributed by atoms with E-state index in [9.17, 15) is 9.59 Å². The number of H-pyrrole nitrogens is 2. The highest BCUT2D eigenvalue weighted by atomic mass is 16.2. The summed E-state index contributed by atoms with van der Waals surface area (Å²) in [5.41, 5.74) is 6.60. The predicted octanol–water partition coefficient (Wildman–Crippen LogP) is 0.0158. The first-order valence-corrected chi connectivity index (χ1v) is 4.64. The molecule has 16 heavy (non-hydrogen) atoms. The molecular weight excluding hydrogens is 208 g/mol. The van der Waals surface area contributed by atoms with Crippen LogP contribution < -0.4 is 17.0 Å². The highest BCUT2D eigenvalue weighted by Crippen LogP contribution is 2.23. The molecule has 0 saturated carbocycles. The first-order valence-electron chi connectivity index (χ1n) is 4.64. The largest absolute Gasteiger partial charge is 0.398 e. The first kappa shape index (κ1) is 10.2. The molecule has 1 aromatic heterocycles. The van der Waals surface area contributed by atoms with Gasteiger partial charge in [-0.2, -0.15) is 5.10 Å². The molecule has 0 aliphatic rings. The van der Waals surface area contributed by atoms with E-state index in [1.807, 2.05) is 13.0 Å². The predicted molar refractivity (Wildman–Crippen MR) is 60.1 cm³/mol. The van der Waals surface area contributed by atoms with Crippen molar-refractivity contribution in [2.75, 3.05) is 5.73 Å². The minimum absolute atomic E-state index is 0.112. The van der Waals surface area contributed by atoms with Crippen molar-refractivity contribution in [3.8, 4) is 11.3 Å². The van der Waals surface area contributed by atoms with Crippen molar-refractivity contribution in [1.82, 2.24) is 15.2 Å². The number of aromatic amines is 2. The van der Waals surface area contributed by atoms with Crippen LogP contribution in [0.3, 0.4) is 0 Å². The van der Waals surface area contributed by atoms with Crippen molar-refractivity contribution >= 4 is 5.69 Å². The maximum Gasteiger partial charge on any atom is 0.342 e. The van der Waals surface area contributed by atoms with E-state index in [2.05, 4.69) is 15.2 Å². The van der Waals surface area contributed by atoms with E-state index >= 15 is 0 Å². The van der Waals surface area contributed by atoms with Gasteiger partial charge in [0.25, 0.3) is 5.56 Å². The summed E-state index contributed by atoms with van der Waals surface area (Å²) in [6, 6.07) is 5.28. The monoisotopic (exact) mass is 218 g/mol. The Kier molecular flexibility index (Phi) is 2.32. The number of hydrogen-bond donors (Lipinski definition) is 3. The average molecular weight is 218 g/mol. The normalized spacial score (nSPS) is 10.3. The van der Waals surface area contributed by atoms with Gasteiger partial charge in [-0.25, -0.2) is 9.89 Å². The number of anilines is 1. The van der Waals surface area contributed by atoms with Gasteiger partial charge < -0.3 is 5.73 Å². The molecule has 0 saturated heterocycles. The van der Waals surface area contributed by atoms with Gasteiger partial charge in [0.1, 0.15) is 0 Å². The van der Waals surface area contributed by atoms with E-state index in [0.717, 1.165) is 5.56 Å². The molecule has 6 nitrogen and oxygen atoms in total. The minimum atomic E-state index is -0.639. The molecule has 0 bridgehead atoms. The van der Waals surface area contributed by atoms with Gasteiger partial charge in [0, 0.05) is 11.3 Å². The van der Waals surface area contributed by atoms with Gasteiger partial charge in [-0.3, -0.25) is 9.78 Å². The molecule has 82 valence electrons. The van der Waals surface area contributed by atoms with Crippen molar-refractivity contribution in [3.63, 3.8) is 0 Å². The van der Waals surface area contributed by atoms with Crippen molar-refractivity contribution in [3.05, 3.63) is 44.6 Å². The SMILES string of the molecule is Cc1cccc(-c2n[nH]c(=O)[nH]c2=O)c1N. The molecule has 0 aliphatic carbocycles. The molecule has 4 N–H and O–H groups in total. The van der Waals surface area contributed by atoms with Crippen LogP contribution in [0.1, 0.15) is 5.56 Å². The number of rotatable bonds is 1. The number of benzene rings is 1. The van der Waals surface area contributed by atoms with E-state index in [4.69, 9.17) is 5.73 Å². The van der Waals surface area contributed by atoms with Gasteiger partial charge >= 0.3 is 5.69 Å². The zero-order valence-corrected chi connectivity index (χ0v) is 8.57. The van der Waals surface area contributed by atoms with Crippen LogP contribution in [0.15, 0.2) is 27.8 Å².